The topological polar surface area (TPSA) is 49.9 Å². The van der Waals surface area contributed by atoms with Gasteiger partial charge < -0.3 is 4.74 Å². The molecule has 1 aromatic heterocycles. The average molecular weight is 353 g/mol. The van der Waals surface area contributed by atoms with E-state index >= 15 is 0 Å². The van der Waals surface area contributed by atoms with E-state index in [-0.39, 0.29) is 12.2 Å². The third-order valence-corrected chi connectivity index (χ3v) is 6.56. The second kappa shape index (κ2) is 6.93. The van der Waals surface area contributed by atoms with Crippen LogP contribution in [0.2, 0.25) is 4.34 Å². The lowest BCUT2D eigenvalue weighted by Crippen LogP contribution is -2.52. The summed E-state index contributed by atoms with van der Waals surface area (Å²) in [6.45, 7) is 7.22. The van der Waals surface area contributed by atoms with Crippen molar-refractivity contribution in [3.63, 3.8) is 0 Å². The first-order valence-corrected chi connectivity index (χ1v) is 9.57. The maximum atomic E-state index is 12.8. The number of morpholine rings is 1. The maximum absolute atomic E-state index is 12.8. The Hall–Kier alpha value is -0.180. The molecule has 1 fully saturated rings. The molecule has 0 N–H and O–H groups in total. The monoisotopic (exact) mass is 352 g/mol. The van der Waals surface area contributed by atoms with Crippen molar-refractivity contribution in [3.8, 4) is 0 Å². The van der Waals surface area contributed by atoms with Crippen LogP contribution in [0.5, 0.6) is 0 Å². The van der Waals surface area contributed by atoms with Crippen LogP contribution in [0, 0.1) is 0 Å². The highest BCUT2D eigenvalue weighted by molar-refractivity contribution is 7.86. The van der Waals surface area contributed by atoms with Crippen LogP contribution in [-0.2, 0) is 21.5 Å². The summed E-state index contributed by atoms with van der Waals surface area (Å²) in [5.74, 6) is 0. The molecule has 0 spiro atoms. The summed E-state index contributed by atoms with van der Waals surface area (Å²) in [6, 6.07) is 3.66. The molecule has 0 saturated carbocycles. The lowest BCUT2D eigenvalue weighted by Gasteiger charge is -2.37. The van der Waals surface area contributed by atoms with E-state index < -0.39 is 10.2 Å². The van der Waals surface area contributed by atoms with E-state index in [0.29, 0.717) is 30.5 Å². The molecule has 0 amide bonds. The van der Waals surface area contributed by atoms with Crippen LogP contribution in [0.3, 0.4) is 0 Å². The van der Waals surface area contributed by atoms with Gasteiger partial charge in [-0.2, -0.15) is 17.0 Å². The van der Waals surface area contributed by atoms with Gasteiger partial charge in [-0.05, 0) is 26.0 Å². The number of hydrogen-bond acceptors (Lipinski definition) is 4. The molecule has 2 unspecified atom stereocenters. The molecule has 21 heavy (non-hydrogen) atoms. The highest BCUT2D eigenvalue weighted by atomic mass is 35.5. The molecule has 0 aliphatic carbocycles. The van der Waals surface area contributed by atoms with Gasteiger partial charge >= 0.3 is 0 Å². The van der Waals surface area contributed by atoms with Crippen molar-refractivity contribution in [2.45, 2.75) is 39.5 Å². The van der Waals surface area contributed by atoms with Crippen molar-refractivity contribution >= 4 is 33.1 Å². The fourth-order valence-electron chi connectivity index (χ4n) is 2.45. The van der Waals surface area contributed by atoms with Gasteiger partial charge in [0.1, 0.15) is 0 Å². The van der Waals surface area contributed by atoms with Gasteiger partial charge in [0.2, 0.25) is 0 Å². The summed E-state index contributed by atoms with van der Waals surface area (Å²) in [4.78, 5) is 0.944. The van der Waals surface area contributed by atoms with E-state index in [2.05, 4.69) is 0 Å². The SMILES string of the molecule is CCN(Cc1ccc(Cl)s1)S(=O)(=O)N1CC(C)OC(C)C1. The summed E-state index contributed by atoms with van der Waals surface area (Å²) in [7, 11) is -3.48. The molecule has 2 atom stereocenters. The molecule has 1 aliphatic heterocycles. The van der Waals surface area contributed by atoms with Crippen LogP contribution >= 0.6 is 22.9 Å². The van der Waals surface area contributed by atoms with Crippen molar-refractivity contribution in [1.29, 1.82) is 0 Å². The fourth-order valence-corrected chi connectivity index (χ4v) is 5.39. The van der Waals surface area contributed by atoms with E-state index in [9.17, 15) is 8.42 Å². The molecule has 1 saturated heterocycles. The molecular weight excluding hydrogens is 332 g/mol. The Morgan fingerprint density at radius 3 is 2.48 bits per heavy atom. The molecule has 0 aromatic carbocycles. The smallest absolute Gasteiger partial charge is 0.282 e. The quantitative estimate of drug-likeness (QED) is 0.818. The molecular formula is C13H21ClN2O3S2. The minimum atomic E-state index is -3.48. The van der Waals surface area contributed by atoms with Crippen LogP contribution < -0.4 is 0 Å². The van der Waals surface area contributed by atoms with Crippen LogP contribution in [0.15, 0.2) is 12.1 Å². The molecule has 8 heteroatoms. The lowest BCUT2D eigenvalue weighted by atomic mass is 10.3. The first-order chi connectivity index (χ1) is 9.82. The largest absolute Gasteiger partial charge is 0.373 e. The molecule has 2 rings (SSSR count). The lowest BCUT2D eigenvalue weighted by molar-refractivity contribution is -0.0454. The Morgan fingerprint density at radius 2 is 2.00 bits per heavy atom. The minimum Gasteiger partial charge on any atom is -0.373 e. The van der Waals surface area contributed by atoms with E-state index in [1.807, 2.05) is 26.8 Å². The first-order valence-electron chi connectivity index (χ1n) is 6.97. The number of hydrogen-bond donors (Lipinski definition) is 0. The molecule has 5 nitrogen and oxygen atoms in total. The van der Waals surface area contributed by atoms with E-state index in [1.165, 1.54) is 19.9 Å². The standard InChI is InChI=1S/C13H21ClN2O3S2/c1-4-15(9-12-5-6-13(14)20-12)21(17,18)16-7-10(2)19-11(3)8-16/h5-6,10-11H,4,7-9H2,1-3H3. The molecule has 1 aromatic rings. The van der Waals surface area contributed by atoms with Crippen LogP contribution in [0.1, 0.15) is 25.6 Å². The van der Waals surface area contributed by atoms with Crippen LogP contribution in [0.25, 0.3) is 0 Å². The Kier molecular flexibility index (Phi) is 5.67. The summed E-state index contributed by atoms with van der Waals surface area (Å²) in [5.41, 5.74) is 0. The van der Waals surface area contributed by atoms with Gasteiger partial charge in [0.05, 0.1) is 16.5 Å². The number of ether oxygens (including phenoxy) is 1. The van der Waals surface area contributed by atoms with Crippen molar-refractivity contribution in [3.05, 3.63) is 21.3 Å². The van der Waals surface area contributed by atoms with Gasteiger partial charge in [-0.15, -0.1) is 11.3 Å². The second-order valence-corrected chi connectivity index (χ2v) is 8.94. The Labute approximate surface area is 135 Å². The van der Waals surface area contributed by atoms with E-state index in [1.54, 1.807) is 6.07 Å². The maximum Gasteiger partial charge on any atom is 0.282 e. The normalized spacial score (nSPS) is 24.6. The van der Waals surface area contributed by atoms with Crippen LogP contribution in [-0.4, -0.2) is 48.9 Å². The summed E-state index contributed by atoms with van der Waals surface area (Å²) in [6.07, 6.45) is -0.170. The average Bonchev–Trinajstić information content (AvgIpc) is 2.80. The Morgan fingerprint density at radius 1 is 1.38 bits per heavy atom. The molecule has 0 radical (unpaired) electrons. The van der Waals surface area contributed by atoms with Crippen molar-refractivity contribution in [2.24, 2.45) is 0 Å². The summed E-state index contributed by atoms with van der Waals surface area (Å²) in [5, 5.41) is 0. The van der Waals surface area contributed by atoms with Crippen LogP contribution in [0.4, 0.5) is 0 Å². The van der Waals surface area contributed by atoms with Crippen molar-refractivity contribution in [1.82, 2.24) is 8.61 Å². The van der Waals surface area contributed by atoms with Gasteiger partial charge in [-0.1, -0.05) is 18.5 Å². The summed E-state index contributed by atoms with van der Waals surface area (Å²) >= 11 is 7.32. The zero-order chi connectivity index (χ0) is 15.6. The summed E-state index contributed by atoms with van der Waals surface area (Å²) < 4.78 is 34.9. The Bertz CT molecular complexity index is 566. The second-order valence-electron chi connectivity index (χ2n) is 5.21. The predicted molar refractivity (Wildman–Crippen MR) is 85.9 cm³/mol. The highest BCUT2D eigenvalue weighted by Crippen LogP contribution is 2.25. The molecule has 2 heterocycles. The third-order valence-electron chi connectivity index (χ3n) is 3.35. The third kappa shape index (κ3) is 4.18. The van der Waals surface area contributed by atoms with Crippen molar-refractivity contribution < 1.29 is 13.2 Å². The van der Waals surface area contributed by atoms with Gasteiger partial charge in [-0.25, -0.2) is 0 Å². The molecule has 0 bridgehead atoms. The van der Waals surface area contributed by atoms with Gasteiger partial charge in [0, 0.05) is 31.1 Å². The van der Waals surface area contributed by atoms with Gasteiger partial charge in [-0.3, -0.25) is 0 Å². The fraction of sp³-hybridized carbons (Fsp3) is 0.692. The highest BCUT2D eigenvalue weighted by Gasteiger charge is 2.34. The number of thiophene rings is 1. The Balaban J connectivity index is 2.15. The van der Waals surface area contributed by atoms with Gasteiger partial charge in [0.25, 0.3) is 10.2 Å². The van der Waals surface area contributed by atoms with E-state index in [0.717, 1.165) is 4.88 Å². The van der Waals surface area contributed by atoms with Gasteiger partial charge in [0.15, 0.2) is 0 Å². The van der Waals surface area contributed by atoms with Crippen molar-refractivity contribution in [2.75, 3.05) is 19.6 Å². The molecule has 1 aliphatic rings. The minimum absolute atomic E-state index is 0.0848. The van der Waals surface area contributed by atoms with E-state index in [4.69, 9.17) is 16.3 Å². The first kappa shape index (κ1) is 17.2. The zero-order valence-corrected chi connectivity index (χ0v) is 14.8. The number of rotatable bonds is 5. The molecule has 120 valence electrons. The number of nitrogens with zero attached hydrogens (tertiary/aromatic N) is 2. The number of halogens is 1. The zero-order valence-electron chi connectivity index (χ0n) is 12.5. The predicted octanol–water partition coefficient (Wildman–Crippen LogP) is 2.58.